The zero-order valence-electron chi connectivity index (χ0n) is 12.0. The number of carbonyl (C=O) groups is 1. The molecule has 120 valence electrons. The lowest BCUT2D eigenvalue weighted by molar-refractivity contribution is 0.0745. The Kier molecular flexibility index (Phi) is 4.91. The van der Waals surface area contributed by atoms with Crippen molar-refractivity contribution in [2.45, 2.75) is 0 Å². The molecule has 8 heteroatoms. The number of halogens is 3. The van der Waals surface area contributed by atoms with E-state index in [0.29, 0.717) is 42.2 Å². The van der Waals surface area contributed by atoms with E-state index in [0.717, 1.165) is 4.47 Å². The van der Waals surface area contributed by atoms with Crippen LogP contribution in [0.5, 0.6) is 0 Å². The number of hydrogen-bond donors (Lipinski definition) is 0. The van der Waals surface area contributed by atoms with Gasteiger partial charge in [0.2, 0.25) is 5.95 Å². The number of rotatable bonds is 2. The Balaban J connectivity index is 1.67. The fourth-order valence-electron chi connectivity index (χ4n) is 2.41. The number of hydrogen-bond acceptors (Lipinski definition) is 4. The van der Waals surface area contributed by atoms with E-state index in [-0.39, 0.29) is 5.91 Å². The maximum Gasteiger partial charge on any atom is 0.255 e. The number of piperazine rings is 1. The van der Waals surface area contributed by atoms with Gasteiger partial charge in [0.25, 0.3) is 5.91 Å². The van der Waals surface area contributed by atoms with Crippen LogP contribution in [0, 0.1) is 5.82 Å². The van der Waals surface area contributed by atoms with Crippen molar-refractivity contribution in [2.24, 2.45) is 0 Å². The number of nitrogens with zero attached hydrogens (tertiary/aromatic N) is 4. The van der Waals surface area contributed by atoms with Gasteiger partial charge >= 0.3 is 0 Å². The molecule has 1 aromatic carbocycles. The molecule has 1 fully saturated rings. The lowest BCUT2D eigenvalue weighted by atomic mass is 10.1. The first-order valence-corrected chi connectivity index (χ1v) is 8.60. The average Bonchev–Trinajstić information content (AvgIpc) is 2.57. The minimum atomic E-state index is -0.418. The number of aromatic nitrogens is 2. The van der Waals surface area contributed by atoms with Crippen LogP contribution in [-0.4, -0.2) is 47.0 Å². The van der Waals surface area contributed by atoms with Gasteiger partial charge in [-0.15, -0.1) is 0 Å². The third-order valence-corrected chi connectivity index (χ3v) is 4.72. The average molecular weight is 444 g/mol. The van der Waals surface area contributed by atoms with Crippen molar-refractivity contribution >= 4 is 43.7 Å². The lowest BCUT2D eigenvalue weighted by Gasteiger charge is -2.34. The first-order valence-electron chi connectivity index (χ1n) is 7.01. The Morgan fingerprint density at radius 2 is 1.74 bits per heavy atom. The van der Waals surface area contributed by atoms with Gasteiger partial charge in [0.15, 0.2) is 0 Å². The highest BCUT2D eigenvalue weighted by Gasteiger charge is 2.24. The summed E-state index contributed by atoms with van der Waals surface area (Å²) in [7, 11) is 0. The number of anilines is 1. The van der Waals surface area contributed by atoms with Crippen molar-refractivity contribution in [1.82, 2.24) is 14.9 Å². The van der Waals surface area contributed by atoms with E-state index in [1.807, 2.05) is 4.90 Å². The minimum Gasteiger partial charge on any atom is -0.337 e. The van der Waals surface area contributed by atoms with Gasteiger partial charge in [0.05, 0.1) is 10.0 Å². The molecular weight excluding hydrogens is 431 g/mol. The van der Waals surface area contributed by atoms with Gasteiger partial charge < -0.3 is 9.80 Å². The molecule has 2 aromatic rings. The van der Waals surface area contributed by atoms with E-state index in [1.54, 1.807) is 23.4 Å². The van der Waals surface area contributed by atoms with Crippen molar-refractivity contribution in [1.29, 1.82) is 0 Å². The molecule has 1 aliphatic heterocycles. The number of carbonyl (C=O) groups excluding carboxylic acids is 1. The molecule has 0 N–H and O–H groups in total. The molecule has 0 atom stereocenters. The molecule has 5 nitrogen and oxygen atoms in total. The van der Waals surface area contributed by atoms with Crippen molar-refractivity contribution in [3.63, 3.8) is 0 Å². The SMILES string of the molecule is O=C(c1cc(F)ccc1Br)N1CCN(c2ncc(Br)cn2)CC1. The number of benzene rings is 1. The molecule has 1 amide bonds. The van der Waals surface area contributed by atoms with Crippen molar-refractivity contribution in [2.75, 3.05) is 31.1 Å². The monoisotopic (exact) mass is 442 g/mol. The summed E-state index contributed by atoms with van der Waals surface area (Å²) < 4.78 is 14.8. The van der Waals surface area contributed by atoms with E-state index in [4.69, 9.17) is 0 Å². The summed E-state index contributed by atoms with van der Waals surface area (Å²) in [6, 6.07) is 4.13. The first kappa shape index (κ1) is 16.3. The van der Waals surface area contributed by atoms with Gasteiger partial charge in [-0.25, -0.2) is 14.4 Å². The topological polar surface area (TPSA) is 49.3 Å². The highest BCUT2D eigenvalue weighted by atomic mass is 79.9. The maximum absolute atomic E-state index is 13.4. The van der Waals surface area contributed by atoms with Gasteiger partial charge in [0, 0.05) is 43.0 Å². The van der Waals surface area contributed by atoms with Crippen LogP contribution in [0.1, 0.15) is 10.4 Å². The first-order chi connectivity index (χ1) is 11.0. The summed E-state index contributed by atoms with van der Waals surface area (Å²) in [6.07, 6.45) is 3.40. The predicted octanol–water partition coefficient (Wildman–Crippen LogP) is 3.10. The molecule has 0 bridgehead atoms. The van der Waals surface area contributed by atoms with Gasteiger partial charge in [-0.2, -0.15) is 0 Å². The van der Waals surface area contributed by atoms with Crippen LogP contribution in [0.15, 0.2) is 39.5 Å². The summed E-state index contributed by atoms with van der Waals surface area (Å²) >= 11 is 6.61. The second-order valence-corrected chi connectivity index (χ2v) is 6.87. The molecule has 1 saturated heterocycles. The minimum absolute atomic E-state index is 0.173. The Labute approximate surface area is 149 Å². The van der Waals surface area contributed by atoms with Crippen LogP contribution < -0.4 is 4.90 Å². The third kappa shape index (κ3) is 3.69. The molecule has 0 unspecified atom stereocenters. The highest BCUT2D eigenvalue weighted by molar-refractivity contribution is 9.10. The largest absolute Gasteiger partial charge is 0.337 e. The molecule has 0 aliphatic carbocycles. The summed E-state index contributed by atoms with van der Waals surface area (Å²) in [6.45, 7) is 2.36. The summed E-state index contributed by atoms with van der Waals surface area (Å²) in [4.78, 5) is 24.8. The molecule has 0 saturated carbocycles. The Hall–Kier alpha value is -1.54. The molecular formula is C15H13Br2FN4O. The molecule has 1 aromatic heterocycles. The zero-order chi connectivity index (χ0) is 16.4. The second kappa shape index (κ2) is 6.92. The van der Waals surface area contributed by atoms with Gasteiger partial charge in [0.1, 0.15) is 5.82 Å². The van der Waals surface area contributed by atoms with Gasteiger partial charge in [-0.1, -0.05) is 0 Å². The quantitative estimate of drug-likeness (QED) is 0.715. The fraction of sp³-hybridized carbons (Fsp3) is 0.267. The van der Waals surface area contributed by atoms with E-state index in [9.17, 15) is 9.18 Å². The van der Waals surface area contributed by atoms with Crippen LogP contribution >= 0.6 is 31.9 Å². The van der Waals surface area contributed by atoms with Crippen LogP contribution in [0.4, 0.5) is 10.3 Å². The normalized spacial score (nSPS) is 14.9. The predicted molar refractivity (Wildman–Crippen MR) is 91.9 cm³/mol. The van der Waals surface area contributed by atoms with E-state index in [2.05, 4.69) is 41.8 Å². The molecule has 0 radical (unpaired) electrons. The van der Waals surface area contributed by atoms with E-state index in [1.165, 1.54) is 12.1 Å². The smallest absolute Gasteiger partial charge is 0.255 e. The van der Waals surface area contributed by atoms with Crippen molar-refractivity contribution in [3.8, 4) is 0 Å². The standard InChI is InChI=1S/C15H13Br2FN4O/c16-10-8-19-15(20-9-10)22-5-3-21(4-6-22)14(23)12-7-11(18)1-2-13(12)17/h1-2,7-9H,3-6H2. The van der Waals surface area contributed by atoms with Crippen LogP contribution in [0.2, 0.25) is 0 Å². The number of amides is 1. The summed E-state index contributed by atoms with van der Waals surface area (Å²) in [5, 5.41) is 0. The summed E-state index contributed by atoms with van der Waals surface area (Å²) in [5.74, 6) is 0.0541. The van der Waals surface area contributed by atoms with Gasteiger partial charge in [-0.3, -0.25) is 4.79 Å². The molecule has 2 heterocycles. The Morgan fingerprint density at radius 3 is 2.39 bits per heavy atom. The molecule has 23 heavy (non-hydrogen) atoms. The van der Waals surface area contributed by atoms with Crippen molar-refractivity contribution in [3.05, 3.63) is 50.9 Å². The Bertz CT molecular complexity index is 718. The molecule has 1 aliphatic rings. The maximum atomic E-state index is 13.4. The van der Waals surface area contributed by atoms with Crippen LogP contribution in [0.3, 0.4) is 0 Å². The van der Waals surface area contributed by atoms with Gasteiger partial charge in [-0.05, 0) is 50.1 Å². The van der Waals surface area contributed by atoms with E-state index < -0.39 is 5.82 Å². The van der Waals surface area contributed by atoms with Crippen molar-refractivity contribution < 1.29 is 9.18 Å². The van der Waals surface area contributed by atoms with Crippen LogP contribution in [-0.2, 0) is 0 Å². The fourth-order valence-corrected chi connectivity index (χ4v) is 3.03. The third-order valence-electron chi connectivity index (χ3n) is 3.62. The van der Waals surface area contributed by atoms with Crippen LogP contribution in [0.25, 0.3) is 0 Å². The summed E-state index contributed by atoms with van der Waals surface area (Å²) in [5.41, 5.74) is 0.346. The molecule has 0 spiro atoms. The van der Waals surface area contributed by atoms with E-state index >= 15 is 0 Å². The Morgan fingerprint density at radius 1 is 1.09 bits per heavy atom. The highest BCUT2D eigenvalue weighted by Crippen LogP contribution is 2.21. The second-order valence-electron chi connectivity index (χ2n) is 5.10. The zero-order valence-corrected chi connectivity index (χ0v) is 15.2. The molecule has 3 rings (SSSR count). The lowest BCUT2D eigenvalue weighted by Crippen LogP contribution is -2.49.